The van der Waals surface area contributed by atoms with Crippen LogP contribution in [-0.4, -0.2) is 21.5 Å². The zero-order valence-electron chi connectivity index (χ0n) is 12.2. The zero-order valence-corrected chi connectivity index (χ0v) is 13.9. The fraction of sp³-hybridized carbons (Fsp3) is 0.714. The lowest BCUT2D eigenvalue weighted by Crippen LogP contribution is -2.26. The topological polar surface area (TPSA) is 58.2 Å². The summed E-state index contributed by atoms with van der Waals surface area (Å²) in [5.41, 5.74) is 0.845. The Bertz CT molecular complexity index is 533. The van der Waals surface area contributed by atoms with Gasteiger partial charge in [-0.3, -0.25) is 0 Å². The van der Waals surface area contributed by atoms with Crippen molar-refractivity contribution in [3.63, 3.8) is 0 Å². The third kappa shape index (κ3) is 4.28. The van der Waals surface area contributed by atoms with Crippen LogP contribution >= 0.6 is 11.3 Å². The molecule has 1 heterocycles. The SMILES string of the molecule is CCNCc1scc(C)c1S(=O)(=O)NCCCC1CC1. The molecule has 0 radical (unpaired) electrons. The van der Waals surface area contributed by atoms with E-state index in [4.69, 9.17) is 0 Å². The van der Waals surface area contributed by atoms with Gasteiger partial charge in [-0.05, 0) is 43.2 Å². The van der Waals surface area contributed by atoms with E-state index in [1.807, 2.05) is 19.2 Å². The molecular weight excluding hydrogens is 292 g/mol. The molecule has 0 saturated heterocycles. The number of thiophene rings is 1. The molecule has 0 aromatic carbocycles. The Morgan fingerprint density at radius 2 is 2.15 bits per heavy atom. The molecule has 0 spiro atoms. The summed E-state index contributed by atoms with van der Waals surface area (Å²) in [5, 5.41) is 5.12. The van der Waals surface area contributed by atoms with Crippen LogP contribution in [0.25, 0.3) is 0 Å². The molecule has 1 aliphatic rings. The van der Waals surface area contributed by atoms with Gasteiger partial charge in [0.25, 0.3) is 0 Å². The van der Waals surface area contributed by atoms with Crippen LogP contribution in [0.5, 0.6) is 0 Å². The highest BCUT2D eigenvalue weighted by Gasteiger charge is 2.23. The van der Waals surface area contributed by atoms with Gasteiger partial charge in [0.15, 0.2) is 0 Å². The second kappa shape index (κ2) is 7.02. The van der Waals surface area contributed by atoms with Crippen molar-refractivity contribution in [1.29, 1.82) is 0 Å². The van der Waals surface area contributed by atoms with Gasteiger partial charge in [-0.2, -0.15) is 0 Å². The fourth-order valence-corrected chi connectivity index (χ4v) is 5.14. The molecule has 114 valence electrons. The van der Waals surface area contributed by atoms with Gasteiger partial charge in [0, 0.05) is 18.0 Å². The van der Waals surface area contributed by atoms with Crippen LogP contribution in [-0.2, 0) is 16.6 Å². The van der Waals surface area contributed by atoms with Crippen LogP contribution in [0.15, 0.2) is 10.3 Å². The molecule has 0 amide bonds. The molecule has 1 aromatic heterocycles. The van der Waals surface area contributed by atoms with Crippen LogP contribution in [0.4, 0.5) is 0 Å². The summed E-state index contributed by atoms with van der Waals surface area (Å²) in [7, 11) is -3.37. The van der Waals surface area contributed by atoms with Gasteiger partial charge in [0.1, 0.15) is 4.90 Å². The molecule has 4 nitrogen and oxygen atoms in total. The van der Waals surface area contributed by atoms with E-state index in [2.05, 4.69) is 10.0 Å². The van der Waals surface area contributed by atoms with Crippen LogP contribution < -0.4 is 10.0 Å². The molecule has 1 aromatic rings. The van der Waals surface area contributed by atoms with Gasteiger partial charge in [0.05, 0.1) is 0 Å². The van der Waals surface area contributed by atoms with Crippen molar-refractivity contribution in [2.45, 2.75) is 51.0 Å². The molecule has 2 rings (SSSR count). The lowest BCUT2D eigenvalue weighted by atomic mass is 10.2. The normalized spacial score (nSPS) is 15.7. The van der Waals surface area contributed by atoms with Crippen molar-refractivity contribution < 1.29 is 8.42 Å². The lowest BCUT2D eigenvalue weighted by Gasteiger charge is -2.09. The number of hydrogen-bond acceptors (Lipinski definition) is 4. The van der Waals surface area contributed by atoms with Gasteiger partial charge in [0.2, 0.25) is 10.0 Å². The molecule has 1 aliphatic carbocycles. The minimum atomic E-state index is -3.37. The van der Waals surface area contributed by atoms with E-state index in [1.54, 1.807) is 0 Å². The van der Waals surface area contributed by atoms with Crippen molar-refractivity contribution >= 4 is 21.4 Å². The van der Waals surface area contributed by atoms with Gasteiger partial charge >= 0.3 is 0 Å². The fourth-order valence-electron chi connectivity index (χ4n) is 2.28. The molecule has 1 saturated carbocycles. The van der Waals surface area contributed by atoms with Crippen LogP contribution in [0.1, 0.15) is 43.0 Å². The number of nitrogens with one attached hydrogen (secondary N) is 2. The van der Waals surface area contributed by atoms with E-state index in [-0.39, 0.29) is 0 Å². The first-order chi connectivity index (χ1) is 9.54. The van der Waals surface area contributed by atoms with E-state index < -0.39 is 10.0 Å². The average Bonchev–Trinajstić information content (AvgIpc) is 3.14. The van der Waals surface area contributed by atoms with Crippen molar-refractivity contribution in [2.24, 2.45) is 5.92 Å². The zero-order chi connectivity index (χ0) is 14.6. The first-order valence-electron chi connectivity index (χ1n) is 7.32. The molecule has 0 unspecified atom stereocenters. The molecule has 0 aliphatic heterocycles. The first kappa shape index (κ1) is 15.9. The Morgan fingerprint density at radius 3 is 2.80 bits per heavy atom. The lowest BCUT2D eigenvalue weighted by molar-refractivity contribution is 0.570. The number of hydrogen-bond donors (Lipinski definition) is 2. The summed E-state index contributed by atoms with van der Waals surface area (Å²) in [6.07, 6.45) is 4.73. The Hall–Kier alpha value is -0.430. The molecule has 0 bridgehead atoms. The highest BCUT2D eigenvalue weighted by Crippen LogP contribution is 2.33. The Kier molecular flexibility index (Phi) is 5.60. The second-order valence-corrected chi connectivity index (χ2v) is 8.10. The molecule has 20 heavy (non-hydrogen) atoms. The van der Waals surface area contributed by atoms with E-state index >= 15 is 0 Å². The maximum atomic E-state index is 12.4. The minimum absolute atomic E-state index is 0.481. The molecular formula is C14H24N2O2S2. The third-order valence-corrected chi connectivity index (χ3v) is 6.50. The Labute approximate surface area is 126 Å². The summed E-state index contributed by atoms with van der Waals surface area (Å²) in [5.74, 6) is 0.853. The highest BCUT2D eigenvalue weighted by atomic mass is 32.2. The summed E-state index contributed by atoms with van der Waals surface area (Å²) < 4.78 is 27.6. The number of rotatable bonds is 9. The summed E-state index contributed by atoms with van der Waals surface area (Å²) in [6, 6.07) is 0. The van der Waals surface area contributed by atoms with E-state index in [0.29, 0.717) is 18.0 Å². The quantitative estimate of drug-likeness (QED) is 0.689. The van der Waals surface area contributed by atoms with Crippen molar-refractivity contribution in [3.8, 4) is 0 Å². The van der Waals surface area contributed by atoms with Crippen LogP contribution in [0.2, 0.25) is 0 Å². The standard InChI is InChI=1S/C14H24N2O2S2/c1-3-15-9-13-14(11(2)10-19-13)20(17,18)16-8-4-5-12-6-7-12/h10,12,15-16H,3-9H2,1-2H3. The van der Waals surface area contributed by atoms with E-state index in [9.17, 15) is 8.42 Å². The van der Waals surface area contributed by atoms with E-state index in [0.717, 1.165) is 35.7 Å². The van der Waals surface area contributed by atoms with Gasteiger partial charge < -0.3 is 5.32 Å². The van der Waals surface area contributed by atoms with Gasteiger partial charge in [-0.25, -0.2) is 13.1 Å². The summed E-state index contributed by atoms with van der Waals surface area (Å²) in [6.45, 7) is 5.89. The predicted octanol–water partition coefficient (Wildman–Crippen LogP) is 2.63. The molecule has 6 heteroatoms. The van der Waals surface area contributed by atoms with Crippen molar-refractivity contribution in [3.05, 3.63) is 15.8 Å². The monoisotopic (exact) mass is 316 g/mol. The predicted molar refractivity (Wildman–Crippen MR) is 83.6 cm³/mol. The third-order valence-electron chi connectivity index (χ3n) is 3.57. The maximum Gasteiger partial charge on any atom is 0.241 e. The smallest absolute Gasteiger partial charge is 0.241 e. The molecule has 2 N–H and O–H groups in total. The highest BCUT2D eigenvalue weighted by molar-refractivity contribution is 7.89. The second-order valence-electron chi connectivity index (χ2n) is 5.43. The molecule has 1 fully saturated rings. The number of aryl methyl sites for hydroxylation is 1. The average molecular weight is 316 g/mol. The van der Waals surface area contributed by atoms with Crippen LogP contribution in [0.3, 0.4) is 0 Å². The summed E-state index contributed by atoms with van der Waals surface area (Å²) >= 11 is 1.52. The first-order valence-corrected chi connectivity index (χ1v) is 9.68. The largest absolute Gasteiger partial charge is 0.312 e. The maximum absolute atomic E-state index is 12.4. The molecule has 0 atom stereocenters. The Balaban J connectivity index is 1.97. The van der Waals surface area contributed by atoms with Crippen molar-refractivity contribution in [1.82, 2.24) is 10.0 Å². The minimum Gasteiger partial charge on any atom is -0.312 e. The summed E-state index contributed by atoms with van der Waals surface area (Å²) in [4.78, 5) is 1.38. The van der Waals surface area contributed by atoms with Crippen LogP contribution in [0, 0.1) is 12.8 Å². The van der Waals surface area contributed by atoms with Gasteiger partial charge in [-0.15, -0.1) is 11.3 Å². The van der Waals surface area contributed by atoms with Gasteiger partial charge in [-0.1, -0.05) is 19.8 Å². The Morgan fingerprint density at radius 1 is 1.40 bits per heavy atom. The van der Waals surface area contributed by atoms with Crippen molar-refractivity contribution in [2.75, 3.05) is 13.1 Å². The van der Waals surface area contributed by atoms with E-state index in [1.165, 1.54) is 24.2 Å². The number of sulfonamides is 1.